The topological polar surface area (TPSA) is 51.1 Å². The number of hydrogen-bond donors (Lipinski definition) is 1. The maximum Gasteiger partial charge on any atom is 0.417 e. The number of halogens is 4. The molecule has 0 unspecified atom stereocenters. The molecule has 0 saturated carbocycles. The van der Waals surface area contributed by atoms with E-state index in [4.69, 9.17) is 11.6 Å². The number of nitrogens with zero attached hydrogens (tertiary/aromatic N) is 1. The number of amides is 1. The van der Waals surface area contributed by atoms with Crippen molar-refractivity contribution in [3.05, 3.63) is 88.7 Å². The Morgan fingerprint density at radius 2 is 1.71 bits per heavy atom. The van der Waals surface area contributed by atoms with Crippen molar-refractivity contribution in [2.75, 3.05) is 5.32 Å². The van der Waals surface area contributed by atoms with Crippen molar-refractivity contribution < 1.29 is 22.8 Å². The lowest BCUT2D eigenvalue weighted by Gasteiger charge is -2.12. The van der Waals surface area contributed by atoms with Crippen molar-refractivity contribution in [2.45, 2.75) is 12.7 Å². The van der Waals surface area contributed by atoms with Gasteiger partial charge in [0.25, 0.3) is 11.7 Å². The van der Waals surface area contributed by atoms with Crippen LogP contribution in [0, 0.1) is 0 Å². The molecule has 144 valence electrons. The number of nitrogens with one attached hydrogen (secondary N) is 1. The predicted octanol–water partition coefficient (Wildman–Crippen LogP) is 5.03. The summed E-state index contributed by atoms with van der Waals surface area (Å²) < 4.78 is 40.4. The lowest BCUT2D eigenvalue weighted by molar-refractivity contribution is -0.137. The molecule has 0 saturated heterocycles. The summed E-state index contributed by atoms with van der Waals surface area (Å²) >= 11 is 5.56. The molecule has 3 aromatic rings. The van der Waals surface area contributed by atoms with E-state index in [1.165, 1.54) is 12.1 Å². The molecule has 1 amide bonds. The molecule has 1 aromatic heterocycles. The first-order valence-electron chi connectivity index (χ1n) is 8.17. The van der Waals surface area contributed by atoms with Gasteiger partial charge in [-0.25, -0.2) is 0 Å². The quantitative estimate of drug-likeness (QED) is 0.477. The van der Waals surface area contributed by atoms with Crippen LogP contribution in [0.3, 0.4) is 0 Å². The molecule has 1 heterocycles. The Balaban J connectivity index is 1.78. The molecule has 4 nitrogen and oxygen atoms in total. The second-order valence-corrected chi connectivity index (χ2v) is 6.39. The van der Waals surface area contributed by atoms with E-state index in [1.54, 1.807) is 16.8 Å². The van der Waals surface area contributed by atoms with Crippen LogP contribution in [0.25, 0.3) is 0 Å². The standard InChI is InChI=1S/C20H14ClF3N2O2/c21-16-9-8-14(11-15(16)20(22,23)24)25-19(28)18(27)17-7-4-10-26(17)12-13-5-2-1-3-6-13/h1-11H,12H2,(H,25,28). The lowest BCUT2D eigenvalue weighted by Crippen LogP contribution is -2.25. The fourth-order valence-electron chi connectivity index (χ4n) is 2.66. The highest BCUT2D eigenvalue weighted by Gasteiger charge is 2.33. The summed E-state index contributed by atoms with van der Waals surface area (Å²) in [4.78, 5) is 24.8. The number of carbonyl (C=O) groups is 2. The molecule has 0 fully saturated rings. The molecule has 0 aliphatic carbocycles. The average Bonchev–Trinajstić information content (AvgIpc) is 3.10. The van der Waals surface area contributed by atoms with Gasteiger partial charge in [0.2, 0.25) is 0 Å². The number of carbonyl (C=O) groups excluding carboxylic acids is 2. The Labute approximate surface area is 163 Å². The van der Waals surface area contributed by atoms with Crippen molar-refractivity contribution >= 4 is 29.0 Å². The van der Waals surface area contributed by atoms with Crippen LogP contribution in [0.4, 0.5) is 18.9 Å². The van der Waals surface area contributed by atoms with Crippen LogP contribution in [0.2, 0.25) is 5.02 Å². The van der Waals surface area contributed by atoms with Crippen molar-refractivity contribution in [1.29, 1.82) is 0 Å². The first-order valence-corrected chi connectivity index (χ1v) is 8.55. The Kier molecular flexibility index (Phi) is 5.56. The number of rotatable bonds is 5. The molecular weight excluding hydrogens is 393 g/mol. The van der Waals surface area contributed by atoms with E-state index in [0.717, 1.165) is 11.6 Å². The zero-order valence-electron chi connectivity index (χ0n) is 14.3. The highest BCUT2D eigenvalue weighted by atomic mass is 35.5. The highest BCUT2D eigenvalue weighted by molar-refractivity contribution is 6.46. The van der Waals surface area contributed by atoms with Gasteiger partial charge in [-0.15, -0.1) is 0 Å². The van der Waals surface area contributed by atoms with Gasteiger partial charge in [0.15, 0.2) is 0 Å². The Hall–Kier alpha value is -3.06. The molecule has 28 heavy (non-hydrogen) atoms. The lowest BCUT2D eigenvalue weighted by atomic mass is 10.1. The molecule has 8 heteroatoms. The number of alkyl halides is 3. The summed E-state index contributed by atoms with van der Waals surface area (Å²) in [5.74, 6) is -1.90. The van der Waals surface area contributed by atoms with Crippen LogP contribution < -0.4 is 5.32 Å². The van der Waals surface area contributed by atoms with E-state index in [0.29, 0.717) is 12.6 Å². The Morgan fingerprint density at radius 3 is 2.39 bits per heavy atom. The largest absolute Gasteiger partial charge is 0.417 e. The van der Waals surface area contributed by atoms with E-state index in [2.05, 4.69) is 5.32 Å². The van der Waals surface area contributed by atoms with Gasteiger partial charge >= 0.3 is 6.18 Å². The summed E-state index contributed by atoms with van der Waals surface area (Å²) in [6.07, 6.45) is -3.02. The summed E-state index contributed by atoms with van der Waals surface area (Å²) in [6, 6.07) is 15.3. The minimum Gasteiger partial charge on any atom is -0.340 e. The van der Waals surface area contributed by atoms with E-state index in [9.17, 15) is 22.8 Å². The van der Waals surface area contributed by atoms with Crippen molar-refractivity contribution in [3.63, 3.8) is 0 Å². The summed E-state index contributed by atoms with van der Waals surface area (Å²) in [6.45, 7) is 0.376. The second-order valence-electron chi connectivity index (χ2n) is 5.98. The van der Waals surface area contributed by atoms with Gasteiger partial charge in [-0.05, 0) is 35.9 Å². The zero-order valence-corrected chi connectivity index (χ0v) is 15.1. The van der Waals surface area contributed by atoms with Crippen LogP contribution in [0.5, 0.6) is 0 Å². The predicted molar refractivity (Wildman–Crippen MR) is 99.4 cm³/mol. The minimum atomic E-state index is -4.67. The fourth-order valence-corrected chi connectivity index (χ4v) is 2.89. The third kappa shape index (κ3) is 4.43. The van der Waals surface area contributed by atoms with Gasteiger partial charge < -0.3 is 9.88 Å². The third-order valence-corrected chi connectivity index (χ3v) is 4.32. The molecule has 0 aliphatic heterocycles. The van der Waals surface area contributed by atoms with Crippen LogP contribution in [0.1, 0.15) is 21.6 Å². The minimum absolute atomic E-state index is 0.131. The Morgan fingerprint density at radius 1 is 1.00 bits per heavy atom. The zero-order chi connectivity index (χ0) is 20.3. The first-order chi connectivity index (χ1) is 13.3. The SMILES string of the molecule is O=C(Nc1ccc(Cl)c(C(F)(F)F)c1)C(=O)c1cccn1Cc1ccccc1. The smallest absolute Gasteiger partial charge is 0.340 e. The number of anilines is 1. The summed E-state index contributed by atoms with van der Waals surface area (Å²) in [7, 11) is 0. The summed E-state index contributed by atoms with van der Waals surface area (Å²) in [5, 5.41) is 1.71. The maximum atomic E-state index is 12.9. The Bertz CT molecular complexity index is 1010. The maximum absolute atomic E-state index is 12.9. The molecule has 0 bridgehead atoms. The number of benzene rings is 2. The third-order valence-electron chi connectivity index (χ3n) is 3.99. The van der Waals surface area contributed by atoms with Crippen molar-refractivity contribution in [3.8, 4) is 0 Å². The molecule has 1 N–H and O–H groups in total. The van der Waals surface area contributed by atoms with Crippen LogP contribution in [-0.4, -0.2) is 16.3 Å². The second kappa shape index (κ2) is 7.90. The van der Waals surface area contributed by atoms with Gasteiger partial charge in [0, 0.05) is 18.4 Å². The normalized spacial score (nSPS) is 11.3. The molecule has 2 aromatic carbocycles. The molecule has 0 aliphatic rings. The number of ketones is 1. The van der Waals surface area contributed by atoms with Gasteiger partial charge in [-0.2, -0.15) is 13.2 Å². The van der Waals surface area contributed by atoms with Gasteiger partial charge in [-0.1, -0.05) is 41.9 Å². The number of aromatic nitrogens is 1. The molecular formula is C20H14ClF3N2O2. The van der Waals surface area contributed by atoms with E-state index < -0.39 is 28.5 Å². The van der Waals surface area contributed by atoms with Crippen LogP contribution >= 0.6 is 11.6 Å². The number of hydrogen-bond acceptors (Lipinski definition) is 2. The molecule has 0 radical (unpaired) electrons. The van der Waals surface area contributed by atoms with Gasteiger partial charge in [-0.3, -0.25) is 9.59 Å². The van der Waals surface area contributed by atoms with Crippen LogP contribution in [0.15, 0.2) is 66.9 Å². The number of Topliss-reactive ketones (excluding diaryl/α,β-unsaturated/α-hetero) is 1. The average molecular weight is 407 g/mol. The van der Waals surface area contributed by atoms with Gasteiger partial charge in [0.1, 0.15) is 0 Å². The highest BCUT2D eigenvalue weighted by Crippen LogP contribution is 2.36. The van der Waals surface area contributed by atoms with Crippen molar-refractivity contribution in [2.24, 2.45) is 0 Å². The van der Waals surface area contributed by atoms with E-state index >= 15 is 0 Å². The van der Waals surface area contributed by atoms with Gasteiger partial charge in [0.05, 0.1) is 16.3 Å². The fraction of sp³-hybridized carbons (Fsp3) is 0.100. The molecule has 3 rings (SSSR count). The molecule has 0 atom stereocenters. The van der Waals surface area contributed by atoms with Crippen molar-refractivity contribution in [1.82, 2.24) is 4.57 Å². The van der Waals surface area contributed by atoms with Crippen LogP contribution in [-0.2, 0) is 17.5 Å². The van der Waals surface area contributed by atoms with E-state index in [1.807, 2.05) is 30.3 Å². The molecule has 0 spiro atoms. The monoisotopic (exact) mass is 406 g/mol. The summed E-state index contributed by atoms with van der Waals surface area (Å²) in [5.41, 5.74) is -0.199. The van der Waals surface area contributed by atoms with E-state index in [-0.39, 0.29) is 11.4 Å². The first kappa shape index (κ1) is 19.7.